The third-order valence-corrected chi connectivity index (χ3v) is 1.35. The minimum atomic E-state index is -0.368. The zero-order chi connectivity index (χ0) is 8.48. The van der Waals surface area contributed by atoms with Crippen LogP contribution in [0, 0.1) is 6.42 Å². The standard InChI is InChI=1S/C8H14NO2.HI.Zn/c1-8(2,3)11-7(10)9-5-4-6-9;;/h4H,5-6H2,1-3H3;1H;/p-1. The van der Waals surface area contributed by atoms with E-state index in [1.54, 1.807) is 4.90 Å². The van der Waals surface area contributed by atoms with Gasteiger partial charge >= 0.3 is 6.09 Å². The van der Waals surface area contributed by atoms with Crippen LogP contribution in [0.3, 0.4) is 0 Å². The van der Waals surface area contributed by atoms with E-state index < -0.39 is 0 Å². The van der Waals surface area contributed by atoms with Crippen LogP contribution >= 0.6 is 0 Å². The van der Waals surface area contributed by atoms with Gasteiger partial charge in [0.1, 0.15) is 5.60 Å². The first-order valence-corrected chi connectivity index (χ1v) is 3.78. The van der Waals surface area contributed by atoms with Crippen LogP contribution < -0.4 is 24.0 Å². The van der Waals surface area contributed by atoms with Crippen molar-refractivity contribution in [3.8, 4) is 0 Å². The Bertz CT molecular complexity index is 166. The van der Waals surface area contributed by atoms with E-state index in [1.165, 1.54) is 0 Å². The maximum absolute atomic E-state index is 11.1. The van der Waals surface area contributed by atoms with E-state index in [1.807, 2.05) is 27.2 Å². The first-order valence-electron chi connectivity index (χ1n) is 3.78. The molecule has 73 valence electrons. The van der Waals surface area contributed by atoms with Gasteiger partial charge in [-0.05, 0) is 20.8 Å². The van der Waals surface area contributed by atoms with E-state index >= 15 is 0 Å². The average Bonchev–Trinajstić information content (AvgIpc) is 1.50. The van der Waals surface area contributed by atoms with Crippen molar-refractivity contribution in [2.24, 2.45) is 0 Å². The fourth-order valence-electron chi connectivity index (χ4n) is 0.734. The van der Waals surface area contributed by atoms with Crippen molar-refractivity contribution < 1.29 is 53.0 Å². The molecule has 1 amide bonds. The molecule has 1 saturated heterocycles. The fourth-order valence-corrected chi connectivity index (χ4v) is 0.734. The molecule has 0 unspecified atom stereocenters. The number of ether oxygens (including phenoxy) is 1. The summed E-state index contributed by atoms with van der Waals surface area (Å²) in [6, 6.07) is 0. The number of carbonyl (C=O) groups is 1. The largest absolute Gasteiger partial charge is 1.00 e. The quantitative estimate of drug-likeness (QED) is 0.392. The Morgan fingerprint density at radius 3 is 2.08 bits per heavy atom. The van der Waals surface area contributed by atoms with E-state index in [-0.39, 0.29) is 55.1 Å². The average molecular weight is 348 g/mol. The third-order valence-electron chi connectivity index (χ3n) is 1.35. The van der Waals surface area contributed by atoms with E-state index in [2.05, 4.69) is 0 Å². The van der Waals surface area contributed by atoms with Gasteiger partial charge in [0.15, 0.2) is 0 Å². The summed E-state index contributed by atoms with van der Waals surface area (Å²) in [4.78, 5) is 12.8. The van der Waals surface area contributed by atoms with Gasteiger partial charge in [0.2, 0.25) is 0 Å². The van der Waals surface area contributed by atoms with E-state index in [0.717, 1.165) is 13.1 Å². The molecule has 1 aliphatic rings. The second-order valence-electron chi connectivity index (χ2n) is 3.67. The predicted molar refractivity (Wildman–Crippen MR) is 42.1 cm³/mol. The normalized spacial score (nSPS) is 14.8. The summed E-state index contributed by atoms with van der Waals surface area (Å²) >= 11 is 0. The monoisotopic (exact) mass is 347 g/mol. The molecule has 1 radical (unpaired) electrons. The zero-order valence-electron chi connectivity index (χ0n) is 8.34. The Labute approximate surface area is 109 Å². The van der Waals surface area contributed by atoms with Crippen LogP contribution in [0.15, 0.2) is 0 Å². The summed E-state index contributed by atoms with van der Waals surface area (Å²) < 4.78 is 5.11. The molecule has 3 nitrogen and oxygen atoms in total. The van der Waals surface area contributed by atoms with Crippen LogP contribution in [0.4, 0.5) is 4.79 Å². The number of halogens is 1. The summed E-state index contributed by atoms with van der Waals surface area (Å²) in [7, 11) is 0. The van der Waals surface area contributed by atoms with Gasteiger partial charge in [-0.3, -0.25) is 0 Å². The summed E-state index contributed by atoms with van der Waals surface area (Å²) in [6.07, 6.45) is 1.82. The van der Waals surface area contributed by atoms with Gasteiger partial charge in [0.05, 0.1) is 0 Å². The molecule has 1 rings (SSSR count). The summed E-state index contributed by atoms with van der Waals surface area (Å²) in [5.41, 5.74) is -0.368. The summed E-state index contributed by atoms with van der Waals surface area (Å²) in [5, 5.41) is 0. The minimum Gasteiger partial charge on any atom is -1.00 e. The second-order valence-corrected chi connectivity index (χ2v) is 3.67. The van der Waals surface area contributed by atoms with Crippen molar-refractivity contribution in [3.05, 3.63) is 6.42 Å². The van der Waals surface area contributed by atoms with Crippen molar-refractivity contribution in [2.45, 2.75) is 26.4 Å². The molecule has 1 fully saturated rings. The Balaban J connectivity index is 0. The third kappa shape index (κ3) is 5.84. The number of nitrogens with zero attached hydrogens (tertiary/aromatic N) is 1. The Hall–Kier alpha value is 0.623. The number of rotatable bonds is 0. The van der Waals surface area contributed by atoms with Gasteiger partial charge in [-0.1, -0.05) is 0 Å². The Morgan fingerprint density at radius 2 is 1.85 bits per heavy atom. The molecular weight excluding hydrogens is 334 g/mol. The zero-order valence-corrected chi connectivity index (χ0v) is 13.5. The predicted octanol–water partition coefficient (Wildman–Crippen LogP) is -1.56. The topological polar surface area (TPSA) is 29.5 Å². The summed E-state index contributed by atoms with van der Waals surface area (Å²) in [5.74, 6) is 0. The van der Waals surface area contributed by atoms with E-state index in [0.29, 0.717) is 0 Å². The maximum atomic E-state index is 11.1. The molecule has 0 bridgehead atoms. The summed E-state index contributed by atoms with van der Waals surface area (Å²) in [6.45, 7) is 7.07. The van der Waals surface area contributed by atoms with Crippen molar-refractivity contribution >= 4 is 6.09 Å². The number of carbonyl (C=O) groups excluding carboxylic acids is 1. The fraction of sp³-hybridized carbons (Fsp3) is 0.750. The Morgan fingerprint density at radius 1 is 1.38 bits per heavy atom. The number of hydrogen-bond donors (Lipinski definition) is 0. The first kappa shape index (κ1) is 16.1. The van der Waals surface area contributed by atoms with Gasteiger partial charge in [0, 0.05) is 39.0 Å². The number of hydrogen-bond acceptors (Lipinski definition) is 2. The molecule has 13 heavy (non-hydrogen) atoms. The van der Waals surface area contributed by atoms with Crippen LogP contribution in [-0.2, 0) is 24.2 Å². The molecule has 0 aliphatic carbocycles. The first-order chi connectivity index (χ1) is 4.99. The van der Waals surface area contributed by atoms with Crippen molar-refractivity contribution in [3.63, 3.8) is 0 Å². The minimum absolute atomic E-state index is 0. The van der Waals surface area contributed by atoms with Crippen LogP contribution in [-0.4, -0.2) is 29.7 Å². The molecule has 1 heterocycles. The van der Waals surface area contributed by atoms with Crippen LogP contribution in [0.2, 0.25) is 0 Å². The molecule has 0 spiro atoms. The molecular formula is C8H14INO2Zn-. The van der Waals surface area contributed by atoms with Crippen LogP contribution in [0.1, 0.15) is 20.8 Å². The van der Waals surface area contributed by atoms with Gasteiger partial charge in [-0.25, -0.2) is 4.79 Å². The van der Waals surface area contributed by atoms with E-state index in [4.69, 9.17) is 4.74 Å². The Kier molecular flexibility index (Phi) is 7.63. The smallest absolute Gasteiger partial charge is 0.410 e. The van der Waals surface area contributed by atoms with Crippen molar-refractivity contribution in [2.75, 3.05) is 13.1 Å². The SMILES string of the molecule is CC(C)(C)OC(=O)N1C[CH]C1.[I-].[Zn]. The number of amides is 1. The van der Waals surface area contributed by atoms with Crippen LogP contribution in [0.5, 0.6) is 0 Å². The molecule has 1 aliphatic heterocycles. The molecule has 0 aromatic rings. The number of likely N-dealkylation sites (tertiary alicyclic amines) is 1. The van der Waals surface area contributed by atoms with Gasteiger partial charge in [-0.15, -0.1) is 0 Å². The molecule has 0 aromatic heterocycles. The molecule has 0 N–H and O–H groups in total. The molecule has 0 aromatic carbocycles. The van der Waals surface area contributed by atoms with Gasteiger partial charge in [0.25, 0.3) is 0 Å². The molecule has 5 heteroatoms. The van der Waals surface area contributed by atoms with E-state index in [9.17, 15) is 4.79 Å². The van der Waals surface area contributed by atoms with Gasteiger partial charge in [-0.2, -0.15) is 0 Å². The molecule has 0 atom stereocenters. The maximum Gasteiger partial charge on any atom is 0.410 e. The van der Waals surface area contributed by atoms with Crippen LogP contribution in [0.25, 0.3) is 0 Å². The second kappa shape index (κ2) is 6.17. The van der Waals surface area contributed by atoms with Gasteiger partial charge < -0.3 is 33.6 Å². The van der Waals surface area contributed by atoms with Crippen molar-refractivity contribution in [1.82, 2.24) is 4.90 Å². The van der Waals surface area contributed by atoms with Crippen molar-refractivity contribution in [1.29, 1.82) is 0 Å². The molecule has 0 saturated carbocycles.